The van der Waals surface area contributed by atoms with Crippen molar-refractivity contribution in [2.75, 3.05) is 17.6 Å². The topological polar surface area (TPSA) is 37.8 Å². The predicted octanol–water partition coefficient (Wildman–Crippen LogP) is 2.68. The van der Waals surface area contributed by atoms with E-state index in [-0.39, 0.29) is 0 Å². The van der Waals surface area contributed by atoms with Crippen LogP contribution in [0.5, 0.6) is 0 Å². The molecule has 0 radical (unpaired) electrons. The number of thioether (sulfide) groups is 1. The molecule has 82 valence electrons. The van der Waals surface area contributed by atoms with Crippen LogP contribution in [0.3, 0.4) is 0 Å². The minimum absolute atomic E-state index is 0.831. The predicted molar refractivity (Wildman–Crippen MR) is 67.7 cm³/mol. The van der Waals surface area contributed by atoms with Crippen molar-refractivity contribution in [1.29, 1.82) is 0 Å². The molecule has 0 saturated heterocycles. The van der Waals surface area contributed by atoms with Crippen molar-refractivity contribution in [1.82, 2.24) is 9.97 Å². The summed E-state index contributed by atoms with van der Waals surface area (Å²) < 4.78 is 0. The highest BCUT2D eigenvalue weighted by Gasteiger charge is 1.95. The van der Waals surface area contributed by atoms with Crippen LogP contribution in [0, 0.1) is 0 Å². The van der Waals surface area contributed by atoms with E-state index < -0.39 is 0 Å². The van der Waals surface area contributed by atoms with E-state index in [1.807, 2.05) is 24.3 Å². The molecule has 0 saturated carbocycles. The molecule has 0 unspecified atom stereocenters. The second kappa shape index (κ2) is 6.12. The molecule has 0 bridgehead atoms. The largest absolute Gasteiger partial charge is 0.384 e. The van der Waals surface area contributed by atoms with Gasteiger partial charge in [-0.15, -0.1) is 0 Å². The van der Waals surface area contributed by atoms with Gasteiger partial charge in [0.15, 0.2) is 5.16 Å². The van der Waals surface area contributed by atoms with E-state index >= 15 is 0 Å². The number of hydrogen-bond acceptors (Lipinski definition) is 4. The lowest BCUT2D eigenvalue weighted by molar-refractivity contribution is 0.966. The monoisotopic (exact) mass is 231 g/mol. The van der Waals surface area contributed by atoms with E-state index in [9.17, 15) is 0 Å². The molecule has 0 amide bonds. The molecular formula is C12H13N3S. The fraction of sp³-hybridized carbons (Fsp3) is 0.167. The Hall–Kier alpha value is -1.55. The maximum atomic E-state index is 4.15. The van der Waals surface area contributed by atoms with E-state index in [4.69, 9.17) is 0 Å². The van der Waals surface area contributed by atoms with Crippen molar-refractivity contribution in [2.24, 2.45) is 0 Å². The first-order valence-corrected chi connectivity index (χ1v) is 6.12. The lowest BCUT2D eigenvalue weighted by atomic mass is 10.3. The average molecular weight is 231 g/mol. The highest BCUT2D eigenvalue weighted by molar-refractivity contribution is 7.99. The van der Waals surface area contributed by atoms with Gasteiger partial charge in [0, 0.05) is 30.4 Å². The van der Waals surface area contributed by atoms with E-state index in [1.54, 1.807) is 24.2 Å². The zero-order valence-corrected chi connectivity index (χ0v) is 9.65. The van der Waals surface area contributed by atoms with Crippen LogP contribution >= 0.6 is 11.8 Å². The zero-order valence-electron chi connectivity index (χ0n) is 8.84. The molecule has 1 N–H and O–H groups in total. The smallest absolute Gasteiger partial charge is 0.187 e. The van der Waals surface area contributed by atoms with Crippen LogP contribution in [0.2, 0.25) is 0 Å². The minimum atomic E-state index is 0.831. The zero-order chi connectivity index (χ0) is 11.1. The normalized spacial score (nSPS) is 10.0. The number of benzene rings is 1. The number of aromatic nitrogens is 2. The molecule has 0 fully saturated rings. The first kappa shape index (κ1) is 11.0. The second-order valence-electron chi connectivity index (χ2n) is 3.17. The Kier molecular flexibility index (Phi) is 4.19. The molecule has 2 rings (SSSR count). The van der Waals surface area contributed by atoms with E-state index in [2.05, 4.69) is 27.4 Å². The third kappa shape index (κ3) is 3.55. The maximum absolute atomic E-state index is 4.15. The lowest BCUT2D eigenvalue weighted by Gasteiger charge is -2.04. The van der Waals surface area contributed by atoms with E-state index in [1.165, 1.54) is 0 Å². The Labute approximate surface area is 99.3 Å². The average Bonchev–Trinajstić information content (AvgIpc) is 2.37. The van der Waals surface area contributed by atoms with Gasteiger partial charge < -0.3 is 5.32 Å². The molecule has 1 aromatic heterocycles. The van der Waals surface area contributed by atoms with Gasteiger partial charge in [-0.1, -0.05) is 30.0 Å². The summed E-state index contributed by atoms with van der Waals surface area (Å²) in [4.78, 5) is 8.29. The summed E-state index contributed by atoms with van der Waals surface area (Å²) in [5.41, 5.74) is 1.15. The van der Waals surface area contributed by atoms with Gasteiger partial charge in [-0.2, -0.15) is 0 Å². The molecule has 0 aliphatic rings. The summed E-state index contributed by atoms with van der Waals surface area (Å²) in [6, 6.07) is 12.0. The van der Waals surface area contributed by atoms with Gasteiger partial charge in [0.25, 0.3) is 0 Å². The summed E-state index contributed by atoms with van der Waals surface area (Å²) in [6.45, 7) is 0.910. The Morgan fingerprint density at radius 2 is 1.75 bits per heavy atom. The summed E-state index contributed by atoms with van der Waals surface area (Å²) in [7, 11) is 0. The molecule has 0 spiro atoms. The van der Waals surface area contributed by atoms with E-state index in [0.717, 1.165) is 23.1 Å². The van der Waals surface area contributed by atoms with Crippen molar-refractivity contribution < 1.29 is 0 Å². The lowest BCUT2D eigenvalue weighted by Crippen LogP contribution is -2.04. The molecular weight excluding hydrogens is 218 g/mol. The van der Waals surface area contributed by atoms with Crippen LogP contribution in [0.1, 0.15) is 0 Å². The van der Waals surface area contributed by atoms with Gasteiger partial charge in [0.05, 0.1) is 0 Å². The third-order valence-electron chi connectivity index (χ3n) is 1.98. The van der Waals surface area contributed by atoms with Crippen molar-refractivity contribution in [2.45, 2.75) is 5.16 Å². The van der Waals surface area contributed by atoms with Crippen LogP contribution in [0.25, 0.3) is 0 Å². The van der Waals surface area contributed by atoms with Crippen LogP contribution < -0.4 is 5.32 Å². The molecule has 2 aromatic rings. The highest BCUT2D eigenvalue weighted by Crippen LogP contribution is 2.11. The molecule has 1 aromatic carbocycles. The fourth-order valence-corrected chi connectivity index (χ4v) is 1.91. The van der Waals surface area contributed by atoms with Crippen molar-refractivity contribution in [3.63, 3.8) is 0 Å². The van der Waals surface area contributed by atoms with E-state index in [0.29, 0.717) is 0 Å². The molecule has 0 atom stereocenters. The highest BCUT2D eigenvalue weighted by atomic mass is 32.2. The molecule has 4 heteroatoms. The fourth-order valence-electron chi connectivity index (χ4n) is 1.25. The summed E-state index contributed by atoms with van der Waals surface area (Å²) in [5, 5.41) is 4.17. The molecule has 0 aliphatic heterocycles. The first-order valence-electron chi connectivity index (χ1n) is 5.14. The Balaban J connectivity index is 1.70. The van der Waals surface area contributed by atoms with Gasteiger partial charge in [-0.25, -0.2) is 9.97 Å². The SMILES string of the molecule is c1ccc(NCCSc2ncccn2)cc1. The summed E-state index contributed by atoms with van der Waals surface area (Å²) in [5.74, 6) is 0.957. The minimum Gasteiger partial charge on any atom is -0.384 e. The Bertz CT molecular complexity index is 364. The van der Waals surface area contributed by atoms with Gasteiger partial charge in [0.2, 0.25) is 0 Å². The van der Waals surface area contributed by atoms with Gasteiger partial charge in [0.1, 0.15) is 0 Å². The first-order chi connectivity index (χ1) is 7.95. The summed E-state index contributed by atoms with van der Waals surface area (Å²) in [6.07, 6.45) is 3.53. The number of anilines is 1. The summed E-state index contributed by atoms with van der Waals surface area (Å²) >= 11 is 1.65. The number of nitrogens with zero attached hydrogens (tertiary/aromatic N) is 2. The standard InChI is InChI=1S/C12H13N3S/c1-2-5-11(6-3-1)13-9-10-16-12-14-7-4-8-15-12/h1-8,13H,9-10H2. The van der Waals surface area contributed by atoms with Crippen molar-refractivity contribution in [3.05, 3.63) is 48.8 Å². The van der Waals surface area contributed by atoms with Crippen LogP contribution in [0.15, 0.2) is 53.9 Å². The Morgan fingerprint density at radius 1 is 1.00 bits per heavy atom. The molecule has 1 heterocycles. The number of para-hydroxylation sites is 1. The molecule has 16 heavy (non-hydrogen) atoms. The molecule has 3 nitrogen and oxygen atoms in total. The Morgan fingerprint density at radius 3 is 2.50 bits per heavy atom. The third-order valence-corrected chi connectivity index (χ3v) is 2.86. The van der Waals surface area contributed by atoms with Crippen LogP contribution in [-0.4, -0.2) is 22.3 Å². The van der Waals surface area contributed by atoms with Crippen LogP contribution in [-0.2, 0) is 0 Å². The number of hydrogen-bond donors (Lipinski definition) is 1. The van der Waals surface area contributed by atoms with Crippen LogP contribution in [0.4, 0.5) is 5.69 Å². The van der Waals surface area contributed by atoms with Crippen molar-refractivity contribution in [3.8, 4) is 0 Å². The van der Waals surface area contributed by atoms with Crippen molar-refractivity contribution >= 4 is 17.4 Å². The maximum Gasteiger partial charge on any atom is 0.187 e. The molecule has 0 aliphatic carbocycles. The number of nitrogens with one attached hydrogen (secondary N) is 1. The quantitative estimate of drug-likeness (QED) is 0.488. The second-order valence-corrected chi connectivity index (χ2v) is 4.23. The van der Waals surface area contributed by atoms with Gasteiger partial charge >= 0.3 is 0 Å². The number of rotatable bonds is 5. The van der Waals surface area contributed by atoms with Gasteiger partial charge in [-0.05, 0) is 18.2 Å². The van der Waals surface area contributed by atoms with Gasteiger partial charge in [-0.3, -0.25) is 0 Å².